The smallest absolute Gasteiger partial charge is 0.227 e. The molecule has 4 heteroatoms. The lowest BCUT2D eigenvalue weighted by Gasteiger charge is -1.98. The minimum Gasteiger partial charge on any atom is -0.502 e. The van der Waals surface area contributed by atoms with E-state index < -0.39 is 5.43 Å². The quantitative estimate of drug-likeness (QED) is 0.924. The topological polar surface area (TPSA) is 50.4 Å². The molecule has 2 rings (SSSR count). The summed E-state index contributed by atoms with van der Waals surface area (Å²) in [7, 11) is 0. The molecule has 17 heavy (non-hydrogen) atoms. The van der Waals surface area contributed by atoms with Crippen LogP contribution in [0.15, 0.2) is 50.3 Å². The highest BCUT2D eigenvalue weighted by molar-refractivity contribution is 9.10. The van der Waals surface area contributed by atoms with Crippen molar-refractivity contribution in [1.29, 1.82) is 0 Å². The van der Waals surface area contributed by atoms with Crippen LogP contribution < -0.4 is 5.43 Å². The van der Waals surface area contributed by atoms with Gasteiger partial charge < -0.3 is 9.52 Å². The lowest BCUT2D eigenvalue weighted by atomic mass is 10.2. The summed E-state index contributed by atoms with van der Waals surface area (Å²) in [5.41, 5.74) is 0.474. The van der Waals surface area contributed by atoms with Crippen molar-refractivity contribution in [2.75, 3.05) is 0 Å². The summed E-state index contributed by atoms with van der Waals surface area (Å²) in [5, 5.41) is 9.48. The third-order valence-corrected chi connectivity index (χ3v) is 2.92. The van der Waals surface area contributed by atoms with Gasteiger partial charge in [-0.3, -0.25) is 4.79 Å². The predicted octanol–water partition coefficient (Wildman–Crippen LogP) is 3.28. The Kier molecular flexibility index (Phi) is 3.44. The molecule has 0 spiro atoms. The van der Waals surface area contributed by atoms with Gasteiger partial charge in [0.05, 0.1) is 6.26 Å². The molecule has 1 heterocycles. The van der Waals surface area contributed by atoms with Gasteiger partial charge >= 0.3 is 0 Å². The molecule has 1 aromatic carbocycles. The molecular weight excluding hydrogens is 284 g/mol. The Morgan fingerprint density at radius 2 is 1.94 bits per heavy atom. The van der Waals surface area contributed by atoms with Gasteiger partial charge in [-0.1, -0.05) is 40.2 Å². The fraction of sp³-hybridized carbons (Fsp3) is 0. The van der Waals surface area contributed by atoms with Crippen molar-refractivity contribution in [2.24, 2.45) is 0 Å². The van der Waals surface area contributed by atoms with Crippen molar-refractivity contribution in [3.63, 3.8) is 0 Å². The summed E-state index contributed by atoms with van der Waals surface area (Å²) in [5.74, 6) is -0.232. The van der Waals surface area contributed by atoms with Crippen molar-refractivity contribution in [3.05, 3.63) is 62.6 Å². The number of halogens is 1. The predicted molar refractivity (Wildman–Crippen MR) is 69.7 cm³/mol. The number of hydrogen-bond donors (Lipinski definition) is 1. The fourth-order valence-corrected chi connectivity index (χ4v) is 1.74. The average molecular weight is 293 g/mol. The minimum atomic E-state index is -0.456. The van der Waals surface area contributed by atoms with E-state index in [-0.39, 0.29) is 11.5 Å². The summed E-state index contributed by atoms with van der Waals surface area (Å²) in [6.07, 6.45) is 4.56. The maximum Gasteiger partial charge on any atom is 0.227 e. The first-order chi connectivity index (χ1) is 8.18. The molecule has 0 saturated carbocycles. The van der Waals surface area contributed by atoms with E-state index in [1.54, 1.807) is 12.2 Å². The maximum absolute atomic E-state index is 11.2. The van der Waals surface area contributed by atoms with Crippen LogP contribution in [0.5, 0.6) is 5.75 Å². The first-order valence-corrected chi connectivity index (χ1v) is 5.71. The Hall–Kier alpha value is -1.81. The summed E-state index contributed by atoms with van der Waals surface area (Å²) in [6, 6.07) is 8.78. The lowest BCUT2D eigenvalue weighted by Crippen LogP contribution is -1.97. The third kappa shape index (κ3) is 2.65. The zero-order valence-corrected chi connectivity index (χ0v) is 10.3. The van der Waals surface area contributed by atoms with Gasteiger partial charge in [-0.15, -0.1) is 0 Å². The van der Waals surface area contributed by atoms with Crippen LogP contribution in [-0.4, -0.2) is 5.11 Å². The number of benzene rings is 1. The van der Waals surface area contributed by atoms with E-state index in [0.29, 0.717) is 0 Å². The molecular formula is C13H9BrO3. The molecule has 0 aliphatic heterocycles. The average Bonchev–Trinajstić information content (AvgIpc) is 2.33. The Bertz CT molecular complexity index is 614. The summed E-state index contributed by atoms with van der Waals surface area (Å²) < 4.78 is 5.97. The van der Waals surface area contributed by atoms with E-state index in [0.717, 1.165) is 10.0 Å². The van der Waals surface area contributed by atoms with Gasteiger partial charge in [0, 0.05) is 10.5 Å². The highest BCUT2D eigenvalue weighted by Gasteiger charge is 2.03. The molecule has 0 aliphatic carbocycles. The molecule has 86 valence electrons. The van der Waals surface area contributed by atoms with Crippen molar-refractivity contribution in [2.45, 2.75) is 0 Å². The molecule has 0 fully saturated rings. The van der Waals surface area contributed by atoms with Crippen LogP contribution in [0.1, 0.15) is 11.3 Å². The van der Waals surface area contributed by atoms with Crippen LogP contribution in [0.25, 0.3) is 12.2 Å². The molecule has 0 atom stereocenters. The molecule has 0 radical (unpaired) electrons. The van der Waals surface area contributed by atoms with Gasteiger partial charge in [0.1, 0.15) is 0 Å². The second-order valence-electron chi connectivity index (χ2n) is 3.35. The molecule has 0 saturated heterocycles. The number of aromatic hydroxyl groups is 1. The molecule has 0 amide bonds. The monoisotopic (exact) mass is 292 g/mol. The van der Waals surface area contributed by atoms with Gasteiger partial charge in [-0.2, -0.15) is 0 Å². The van der Waals surface area contributed by atoms with E-state index in [1.807, 2.05) is 24.3 Å². The van der Waals surface area contributed by atoms with Crippen LogP contribution in [0.2, 0.25) is 0 Å². The molecule has 0 aliphatic rings. The largest absolute Gasteiger partial charge is 0.502 e. The second kappa shape index (κ2) is 5.01. The van der Waals surface area contributed by atoms with E-state index in [1.165, 1.54) is 12.3 Å². The van der Waals surface area contributed by atoms with Crippen LogP contribution in [-0.2, 0) is 0 Å². The number of rotatable bonds is 2. The zero-order chi connectivity index (χ0) is 12.3. The van der Waals surface area contributed by atoms with Gasteiger partial charge in [-0.25, -0.2) is 0 Å². The van der Waals surface area contributed by atoms with Gasteiger partial charge in [-0.05, 0) is 17.7 Å². The van der Waals surface area contributed by atoms with E-state index in [4.69, 9.17) is 4.42 Å². The van der Waals surface area contributed by atoms with E-state index >= 15 is 0 Å². The fourth-order valence-electron chi connectivity index (χ4n) is 1.32. The standard InChI is InChI=1S/C13H9BrO3/c14-10-4-2-1-3-9(10)5-6-12-13(16)11(15)7-8-17-12/h1-8,16H/b6-5+. The first kappa shape index (κ1) is 11.7. The van der Waals surface area contributed by atoms with E-state index in [2.05, 4.69) is 15.9 Å². The Morgan fingerprint density at radius 3 is 2.71 bits per heavy atom. The van der Waals surface area contributed by atoms with Crippen molar-refractivity contribution in [1.82, 2.24) is 0 Å². The minimum absolute atomic E-state index is 0.147. The van der Waals surface area contributed by atoms with Gasteiger partial charge in [0.15, 0.2) is 5.76 Å². The van der Waals surface area contributed by atoms with Crippen LogP contribution >= 0.6 is 15.9 Å². The Morgan fingerprint density at radius 1 is 1.18 bits per heavy atom. The Balaban J connectivity index is 2.36. The van der Waals surface area contributed by atoms with Gasteiger partial charge in [0.25, 0.3) is 0 Å². The first-order valence-electron chi connectivity index (χ1n) is 4.92. The molecule has 0 unspecified atom stereocenters. The second-order valence-corrected chi connectivity index (χ2v) is 4.21. The molecule has 2 aromatic rings. The Labute approximate surface area is 106 Å². The van der Waals surface area contributed by atoms with E-state index in [9.17, 15) is 9.90 Å². The molecule has 0 bridgehead atoms. The van der Waals surface area contributed by atoms with Gasteiger partial charge in [0.2, 0.25) is 11.2 Å². The van der Waals surface area contributed by atoms with Crippen molar-refractivity contribution >= 4 is 28.1 Å². The zero-order valence-electron chi connectivity index (χ0n) is 8.76. The normalized spacial score (nSPS) is 10.9. The number of hydrogen-bond acceptors (Lipinski definition) is 3. The summed E-state index contributed by atoms with van der Waals surface area (Å²) in [6.45, 7) is 0. The third-order valence-electron chi connectivity index (χ3n) is 2.20. The van der Waals surface area contributed by atoms with Crippen molar-refractivity contribution < 1.29 is 9.52 Å². The summed E-state index contributed by atoms with van der Waals surface area (Å²) in [4.78, 5) is 11.2. The molecule has 3 nitrogen and oxygen atoms in total. The highest BCUT2D eigenvalue weighted by atomic mass is 79.9. The highest BCUT2D eigenvalue weighted by Crippen LogP contribution is 2.20. The lowest BCUT2D eigenvalue weighted by molar-refractivity contribution is 0.424. The summed E-state index contributed by atoms with van der Waals surface area (Å²) >= 11 is 3.40. The molecule has 1 aromatic heterocycles. The van der Waals surface area contributed by atoms with Crippen molar-refractivity contribution in [3.8, 4) is 5.75 Å². The maximum atomic E-state index is 11.2. The SMILES string of the molecule is O=c1ccoc(/C=C/c2ccccc2Br)c1O. The van der Waals surface area contributed by atoms with Crippen LogP contribution in [0.3, 0.4) is 0 Å². The molecule has 1 N–H and O–H groups in total. The van der Waals surface area contributed by atoms with Crippen LogP contribution in [0, 0.1) is 0 Å². The van der Waals surface area contributed by atoms with Crippen LogP contribution in [0.4, 0.5) is 0 Å².